The molecule has 2 aromatic rings. The summed E-state index contributed by atoms with van der Waals surface area (Å²) in [5.74, 6) is 1.24. The average molecular weight is 339 g/mol. The van der Waals surface area contributed by atoms with Gasteiger partial charge in [0, 0.05) is 34.9 Å². The zero-order valence-corrected chi connectivity index (χ0v) is 13.4. The van der Waals surface area contributed by atoms with E-state index < -0.39 is 0 Å². The Morgan fingerprint density at radius 3 is 2.90 bits per heavy atom. The maximum Gasteiger partial charge on any atom is 0.228 e. The van der Waals surface area contributed by atoms with Gasteiger partial charge in [-0.25, -0.2) is 0 Å². The molecule has 2 rings (SSSR count). The third-order valence-corrected chi connectivity index (χ3v) is 3.46. The lowest BCUT2D eigenvalue weighted by Crippen LogP contribution is -2.31. The molecule has 6 heteroatoms. The summed E-state index contributed by atoms with van der Waals surface area (Å²) in [5, 5.41) is 7.50. The van der Waals surface area contributed by atoms with E-state index in [1.54, 1.807) is 12.4 Å². The smallest absolute Gasteiger partial charge is 0.228 e. The zero-order valence-electron chi connectivity index (χ0n) is 11.8. The Morgan fingerprint density at radius 2 is 2.20 bits per heavy atom. The largest absolute Gasteiger partial charge is 0.339 e. The van der Waals surface area contributed by atoms with Crippen LogP contribution in [0, 0.1) is 0 Å². The Balaban J connectivity index is 2.05. The number of rotatable bonds is 7. The number of nitrogens with one attached hydrogen (secondary N) is 1. The summed E-state index contributed by atoms with van der Waals surface area (Å²) in [7, 11) is 0. The van der Waals surface area contributed by atoms with Crippen molar-refractivity contribution in [2.75, 3.05) is 6.54 Å². The molecule has 20 heavy (non-hydrogen) atoms. The summed E-state index contributed by atoms with van der Waals surface area (Å²) in [6, 6.07) is 2.30. The molecule has 0 amide bonds. The highest BCUT2D eigenvalue weighted by Gasteiger charge is 2.13. The predicted octanol–water partition coefficient (Wildman–Crippen LogP) is 3.21. The summed E-state index contributed by atoms with van der Waals surface area (Å²) in [6.45, 7) is 5.32. The number of hydrogen-bond acceptors (Lipinski definition) is 5. The number of pyridine rings is 1. The standard InChI is InChI=1S/C14H19BrN4O/c1-3-5-17-12(4-2)7-13-18-14(19-20-13)10-6-11(15)9-16-8-10/h6,8-9,12,17H,3-5,7H2,1-2H3. The van der Waals surface area contributed by atoms with Crippen LogP contribution >= 0.6 is 15.9 Å². The van der Waals surface area contributed by atoms with Crippen molar-refractivity contribution in [2.45, 2.75) is 39.2 Å². The van der Waals surface area contributed by atoms with Gasteiger partial charge in [0.2, 0.25) is 11.7 Å². The van der Waals surface area contributed by atoms with Gasteiger partial charge in [0.05, 0.1) is 0 Å². The lowest BCUT2D eigenvalue weighted by Gasteiger charge is -2.13. The molecule has 0 spiro atoms. The molecule has 2 heterocycles. The van der Waals surface area contributed by atoms with Crippen molar-refractivity contribution in [3.05, 3.63) is 28.8 Å². The predicted molar refractivity (Wildman–Crippen MR) is 81.3 cm³/mol. The van der Waals surface area contributed by atoms with Gasteiger partial charge in [-0.15, -0.1) is 0 Å². The Morgan fingerprint density at radius 1 is 1.35 bits per heavy atom. The first-order chi connectivity index (χ1) is 9.72. The van der Waals surface area contributed by atoms with Crippen molar-refractivity contribution < 1.29 is 4.52 Å². The molecule has 0 aliphatic heterocycles. The lowest BCUT2D eigenvalue weighted by atomic mass is 10.1. The Hall–Kier alpha value is -1.27. The van der Waals surface area contributed by atoms with Gasteiger partial charge in [-0.2, -0.15) is 4.98 Å². The van der Waals surface area contributed by atoms with Crippen LogP contribution in [0.1, 0.15) is 32.6 Å². The van der Waals surface area contributed by atoms with Crippen molar-refractivity contribution in [3.63, 3.8) is 0 Å². The Bertz CT molecular complexity index is 543. The molecule has 0 fully saturated rings. The Kier molecular flexibility index (Phi) is 5.67. The fraction of sp³-hybridized carbons (Fsp3) is 0.500. The van der Waals surface area contributed by atoms with Gasteiger partial charge >= 0.3 is 0 Å². The molecular formula is C14H19BrN4O. The van der Waals surface area contributed by atoms with E-state index in [0.717, 1.165) is 35.8 Å². The van der Waals surface area contributed by atoms with E-state index in [2.05, 4.69) is 50.2 Å². The first-order valence-electron chi connectivity index (χ1n) is 6.89. The van der Waals surface area contributed by atoms with Crippen LogP contribution in [0.3, 0.4) is 0 Å². The summed E-state index contributed by atoms with van der Waals surface area (Å²) < 4.78 is 6.23. The summed E-state index contributed by atoms with van der Waals surface area (Å²) in [4.78, 5) is 8.55. The maximum atomic E-state index is 5.33. The van der Waals surface area contributed by atoms with E-state index in [1.165, 1.54) is 0 Å². The van der Waals surface area contributed by atoms with Crippen LogP contribution in [-0.2, 0) is 6.42 Å². The fourth-order valence-corrected chi connectivity index (χ4v) is 2.27. The minimum Gasteiger partial charge on any atom is -0.339 e. The van der Waals surface area contributed by atoms with Crippen LogP contribution in [-0.4, -0.2) is 27.7 Å². The van der Waals surface area contributed by atoms with Crippen molar-refractivity contribution in [1.29, 1.82) is 0 Å². The van der Waals surface area contributed by atoms with Gasteiger partial charge in [-0.3, -0.25) is 4.98 Å². The van der Waals surface area contributed by atoms with Crippen LogP contribution in [0.2, 0.25) is 0 Å². The lowest BCUT2D eigenvalue weighted by molar-refractivity contribution is 0.354. The molecule has 0 aliphatic carbocycles. The molecule has 1 unspecified atom stereocenters. The highest BCUT2D eigenvalue weighted by molar-refractivity contribution is 9.10. The normalized spacial score (nSPS) is 12.6. The maximum absolute atomic E-state index is 5.33. The molecule has 0 saturated heterocycles. The topological polar surface area (TPSA) is 63.8 Å². The third-order valence-electron chi connectivity index (χ3n) is 3.03. The molecule has 0 aliphatic rings. The highest BCUT2D eigenvalue weighted by atomic mass is 79.9. The van der Waals surface area contributed by atoms with E-state index in [4.69, 9.17) is 4.52 Å². The number of aromatic nitrogens is 3. The van der Waals surface area contributed by atoms with Gasteiger partial charge in [0.1, 0.15) is 0 Å². The van der Waals surface area contributed by atoms with Crippen molar-refractivity contribution in [1.82, 2.24) is 20.4 Å². The van der Waals surface area contributed by atoms with Gasteiger partial charge < -0.3 is 9.84 Å². The van der Waals surface area contributed by atoms with Crippen LogP contribution < -0.4 is 5.32 Å². The first kappa shape index (κ1) is 15.1. The molecule has 1 atom stereocenters. The summed E-state index contributed by atoms with van der Waals surface area (Å²) in [5.41, 5.74) is 0.851. The minimum absolute atomic E-state index is 0.379. The molecule has 0 radical (unpaired) electrons. The SMILES string of the molecule is CCCNC(CC)Cc1nc(-c2cncc(Br)c2)no1. The van der Waals surface area contributed by atoms with Gasteiger partial charge in [0.25, 0.3) is 0 Å². The van der Waals surface area contributed by atoms with Gasteiger partial charge in [-0.1, -0.05) is 19.0 Å². The quantitative estimate of drug-likeness (QED) is 0.839. The monoisotopic (exact) mass is 338 g/mol. The molecule has 5 nitrogen and oxygen atoms in total. The van der Waals surface area contributed by atoms with Crippen LogP contribution in [0.5, 0.6) is 0 Å². The highest BCUT2D eigenvalue weighted by Crippen LogP contribution is 2.19. The Labute approximate surface area is 127 Å². The van der Waals surface area contributed by atoms with Crippen molar-refractivity contribution in [2.24, 2.45) is 0 Å². The average Bonchev–Trinajstić information content (AvgIpc) is 2.92. The second-order valence-electron chi connectivity index (χ2n) is 4.67. The second kappa shape index (κ2) is 7.50. The number of halogens is 1. The molecule has 0 aromatic carbocycles. The van der Waals surface area contributed by atoms with E-state index >= 15 is 0 Å². The van der Waals surface area contributed by atoms with Crippen LogP contribution in [0.4, 0.5) is 0 Å². The van der Waals surface area contributed by atoms with E-state index in [1.807, 2.05) is 6.07 Å². The summed E-state index contributed by atoms with van der Waals surface area (Å²) >= 11 is 3.39. The van der Waals surface area contributed by atoms with E-state index in [9.17, 15) is 0 Å². The van der Waals surface area contributed by atoms with E-state index in [-0.39, 0.29) is 0 Å². The molecule has 0 bridgehead atoms. The number of nitrogens with zero attached hydrogens (tertiary/aromatic N) is 3. The van der Waals surface area contributed by atoms with Crippen LogP contribution in [0.25, 0.3) is 11.4 Å². The third kappa shape index (κ3) is 4.11. The minimum atomic E-state index is 0.379. The second-order valence-corrected chi connectivity index (χ2v) is 5.58. The van der Waals surface area contributed by atoms with Gasteiger partial charge in [0.15, 0.2) is 0 Å². The van der Waals surface area contributed by atoms with Crippen molar-refractivity contribution in [3.8, 4) is 11.4 Å². The fourth-order valence-electron chi connectivity index (χ4n) is 1.91. The molecule has 2 aromatic heterocycles. The number of hydrogen-bond donors (Lipinski definition) is 1. The summed E-state index contributed by atoms with van der Waals surface area (Å²) in [6.07, 6.45) is 6.37. The van der Waals surface area contributed by atoms with E-state index in [0.29, 0.717) is 17.8 Å². The molecular weight excluding hydrogens is 320 g/mol. The van der Waals surface area contributed by atoms with Gasteiger partial charge in [-0.05, 0) is 41.4 Å². The molecule has 0 saturated carbocycles. The zero-order chi connectivity index (χ0) is 14.4. The first-order valence-corrected chi connectivity index (χ1v) is 7.69. The van der Waals surface area contributed by atoms with Crippen molar-refractivity contribution >= 4 is 15.9 Å². The molecule has 1 N–H and O–H groups in total. The van der Waals surface area contributed by atoms with Crippen LogP contribution in [0.15, 0.2) is 27.5 Å². The molecule has 108 valence electrons.